The molecular weight excluding hydrogens is 262 g/mol. The number of aryl methyl sites for hydroxylation is 2. The number of benzene rings is 1. The molecule has 1 aliphatic rings. The zero-order chi connectivity index (χ0) is 14.5. The van der Waals surface area contributed by atoms with E-state index in [1.165, 1.54) is 11.1 Å². The van der Waals surface area contributed by atoms with Crippen molar-refractivity contribution >= 4 is 5.91 Å². The summed E-state index contributed by atoms with van der Waals surface area (Å²) in [7, 11) is 0. The number of hydrogen-bond acceptors (Lipinski definition) is 2. The van der Waals surface area contributed by atoms with Crippen LogP contribution >= 0.6 is 0 Å². The molecule has 2 N–H and O–H groups in total. The molecule has 0 fully saturated rings. The van der Waals surface area contributed by atoms with Gasteiger partial charge in [-0.25, -0.2) is 0 Å². The first-order valence-corrected chi connectivity index (χ1v) is 7.65. The molecule has 110 valence electrons. The molecule has 1 atom stereocenters. The summed E-state index contributed by atoms with van der Waals surface area (Å²) in [5.74, 6) is 0.169. The topological polar surface area (TPSA) is 57.8 Å². The smallest absolute Gasteiger partial charge is 0.220 e. The van der Waals surface area contributed by atoms with Crippen LogP contribution in [-0.2, 0) is 24.1 Å². The first-order chi connectivity index (χ1) is 10.3. The number of carbonyl (C=O) groups excluding carboxylic acids is 1. The van der Waals surface area contributed by atoms with Gasteiger partial charge < -0.3 is 5.32 Å². The van der Waals surface area contributed by atoms with E-state index in [1.807, 2.05) is 12.4 Å². The van der Waals surface area contributed by atoms with Crippen LogP contribution in [0.4, 0.5) is 0 Å². The second-order valence-corrected chi connectivity index (χ2v) is 5.74. The SMILES string of the molecule is O=C(CCCc1cn[nH]c1)NC1CCc2ccccc2C1. The van der Waals surface area contributed by atoms with Gasteiger partial charge in [-0.3, -0.25) is 9.89 Å². The second kappa shape index (κ2) is 6.57. The van der Waals surface area contributed by atoms with Crippen molar-refractivity contribution < 1.29 is 4.79 Å². The number of rotatable bonds is 5. The van der Waals surface area contributed by atoms with Crippen molar-refractivity contribution in [1.29, 1.82) is 0 Å². The maximum Gasteiger partial charge on any atom is 0.220 e. The number of carbonyl (C=O) groups is 1. The molecule has 1 aliphatic carbocycles. The quantitative estimate of drug-likeness (QED) is 0.885. The Morgan fingerprint density at radius 3 is 3.00 bits per heavy atom. The molecule has 0 saturated carbocycles. The van der Waals surface area contributed by atoms with Crippen molar-refractivity contribution in [2.24, 2.45) is 0 Å². The van der Waals surface area contributed by atoms with Gasteiger partial charge in [0.1, 0.15) is 0 Å². The standard InChI is InChI=1S/C17H21N3O/c21-17(7-3-4-13-11-18-19-12-13)20-16-9-8-14-5-1-2-6-15(14)10-16/h1-2,5-6,11-12,16H,3-4,7-10H2,(H,18,19)(H,20,21). The van der Waals surface area contributed by atoms with Crippen molar-refractivity contribution in [1.82, 2.24) is 15.5 Å². The van der Waals surface area contributed by atoms with Gasteiger partial charge in [0, 0.05) is 18.7 Å². The number of aromatic nitrogens is 2. The minimum atomic E-state index is 0.169. The Hall–Kier alpha value is -2.10. The van der Waals surface area contributed by atoms with Crippen molar-refractivity contribution in [2.45, 2.75) is 44.6 Å². The van der Waals surface area contributed by atoms with E-state index in [4.69, 9.17) is 0 Å². The van der Waals surface area contributed by atoms with Gasteiger partial charge in [0.2, 0.25) is 5.91 Å². The third-order valence-corrected chi connectivity index (χ3v) is 4.14. The monoisotopic (exact) mass is 283 g/mol. The molecule has 3 rings (SSSR count). The Morgan fingerprint density at radius 2 is 2.19 bits per heavy atom. The minimum absolute atomic E-state index is 0.169. The number of amides is 1. The van der Waals surface area contributed by atoms with E-state index in [0.717, 1.165) is 37.7 Å². The molecule has 0 aliphatic heterocycles. The van der Waals surface area contributed by atoms with E-state index in [-0.39, 0.29) is 5.91 Å². The van der Waals surface area contributed by atoms with Crippen molar-refractivity contribution in [3.63, 3.8) is 0 Å². The van der Waals surface area contributed by atoms with E-state index in [9.17, 15) is 4.79 Å². The minimum Gasteiger partial charge on any atom is -0.353 e. The number of H-pyrrole nitrogens is 1. The Labute approximate surface area is 125 Å². The largest absolute Gasteiger partial charge is 0.353 e. The number of fused-ring (bicyclic) bond motifs is 1. The summed E-state index contributed by atoms with van der Waals surface area (Å²) in [5, 5.41) is 9.88. The van der Waals surface area contributed by atoms with Gasteiger partial charge in [-0.15, -0.1) is 0 Å². The molecule has 2 aromatic rings. The van der Waals surface area contributed by atoms with E-state index >= 15 is 0 Å². The molecule has 0 radical (unpaired) electrons. The Bertz CT molecular complexity index is 592. The summed E-state index contributed by atoms with van der Waals surface area (Å²) in [5.41, 5.74) is 3.98. The van der Waals surface area contributed by atoms with Gasteiger partial charge in [-0.05, 0) is 48.8 Å². The lowest BCUT2D eigenvalue weighted by Crippen LogP contribution is -2.38. The van der Waals surface area contributed by atoms with Gasteiger partial charge in [-0.2, -0.15) is 5.10 Å². The molecule has 1 aromatic heterocycles. The maximum atomic E-state index is 12.0. The molecule has 1 aromatic carbocycles. The van der Waals surface area contributed by atoms with Crippen LogP contribution in [0.25, 0.3) is 0 Å². The molecule has 0 bridgehead atoms. The van der Waals surface area contributed by atoms with Crippen LogP contribution in [0.5, 0.6) is 0 Å². The van der Waals surface area contributed by atoms with E-state index in [2.05, 4.69) is 39.8 Å². The summed E-state index contributed by atoms with van der Waals surface area (Å²) in [4.78, 5) is 12.0. The van der Waals surface area contributed by atoms with Gasteiger partial charge in [0.25, 0.3) is 0 Å². The summed E-state index contributed by atoms with van der Waals surface area (Å²) >= 11 is 0. The molecule has 1 heterocycles. The number of aromatic amines is 1. The highest BCUT2D eigenvalue weighted by Crippen LogP contribution is 2.21. The second-order valence-electron chi connectivity index (χ2n) is 5.74. The van der Waals surface area contributed by atoms with Gasteiger partial charge in [0.15, 0.2) is 0 Å². The molecule has 0 spiro atoms. The van der Waals surface area contributed by atoms with Crippen molar-refractivity contribution in [3.05, 3.63) is 53.3 Å². The normalized spacial score (nSPS) is 17.2. The summed E-state index contributed by atoms with van der Waals surface area (Å²) < 4.78 is 0. The zero-order valence-corrected chi connectivity index (χ0v) is 12.1. The number of nitrogens with one attached hydrogen (secondary N) is 2. The zero-order valence-electron chi connectivity index (χ0n) is 12.1. The molecule has 21 heavy (non-hydrogen) atoms. The fourth-order valence-electron chi connectivity index (χ4n) is 2.99. The number of hydrogen-bond donors (Lipinski definition) is 2. The predicted molar refractivity (Wildman–Crippen MR) is 81.9 cm³/mol. The average Bonchev–Trinajstić information content (AvgIpc) is 3.00. The molecule has 4 nitrogen and oxygen atoms in total. The highest BCUT2D eigenvalue weighted by atomic mass is 16.1. The lowest BCUT2D eigenvalue weighted by atomic mass is 9.88. The van der Waals surface area contributed by atoms with Crippen LogP contribution in [0.15, 0.2) is 36.7 Å². The molecule has 1 amide bonds. The Balaban J connectivity index is 1.43. The van der Waals surface area contributed by atoms with Gasteiger partial charge >= 0.3 is 0 Å². The number of nitrogens with zero attached hydrogens (tertiary/aromatic N) is 1. The van der Waals surface area contributed by atoms with Crippen LogP contribution < -0.4 is 5.32 Å². The maximum absolute atomic E-state index is 12.0. The predicted octanol–water partition coefficient (Wildman–Crippen LogP) is 2.41. The fraction of sp³-hybridized carbons (Fsp3) is 0.412. The average molecular weight is 283 g/mol. The van der Waals surface area contributed by atoms with Crippen LogP contribution in [0.2, 0.25) is 0 Å². The van der Waals surface area contributed by atoms with Crippen LogP contribution in [0.3, 0.4) is 0 Å². The highest BCUT2D eigenvalue weighted by Gasteiger charge is 2.19. The fourth-order valence-corrected chi connectivity index (χ4v) is 2.99. The van der Waals surface area contributed by atoms with Crippen LogP contribution in [-0.4, -0.2) is 22.1 Å². The molecular formula is C17H21N3O. The van der Waals surface area contributed by atoms with E-state index < -0.39 is 0 Å². The van der Waals surface area contributed by atoms with E-state index in [0.29, 0.717) is 12.5 Å². The Morgan fingerprint density at radius 1 is 1.33 bits per heavy atom. The van der Waals surface area contributed by atoms with Crippen molar-refractivity contribution in [3.8, 4) is 0 Å². The van der Waals surface area contributed by atoms with E-state index in [1.54, 1.807) is 0 Å². The Kier molecular flexibility index (Phi) is 4.34. The summed E-state index contributed by atoms with van der Waals surface area (Å²) in [6, 6.07) is 8.83. The molecule has 1 unspecified atom stereocenters. The first kappa shape index (κ1) is 13.9. The third kappa shape index (κ3) is 3.72. The first-order valence-electron chi connectivity index (χ1n) is 7.65. The van der Waals surface area contributed by atoms with Crippen molar-refractivity contribution in [2.75, 3.05) is 0 Å². The van der Waals surface area contributed by atoms with Gasteiger partial charge in [0.05, 0.1) is 6.20 Å². The molecule has 4 heteroatoms. The lowest BCUT2D eigenvalue weighted by molar-refractivity contribution is -0.121. The summed E-state index contributed by atoms with van der Waals surface area (Å²) in [6.45, 7) is 0. The van der Waals surface area contributed by atoms with Gasteiger partial charge in [-0.1, -0.05) is 24.3 Å². The molecule has 0 saturated heterocycles. The highest BCUT2D eigenvalue weighted by molar-refractivity contribution is 5.76. The third-order valence-electron chi connectivity index (χ3n) is 4.14. The lowest BCUT2D eigenvalue weighted by Gasteiger charge is -2.25. The summed E-state index contributed by atoms with van der Waals surface area (Å²) in [6.07, 6.45) is 9.13. The van der Waals surface area contributed by atoms with Crippen LogP contribution in [0, 0.1) is 0 Å². The van der Waals surface area contributed by atoms with Crippen LogP contribution in [0.1, 0.15) is 36.0 Å².